The molecule has 82 valence electrons. The smallest absolute Gasteiger partial charge is 0.261 e. The van der Waals surface area contributed by atoms with Crippen LogP contribution in [0.3, 0.4) is 0 Å². The molecule has 1 aromatic rings. The van der Waals surface area contributed by atoms with E-state index in [-0.39, 0.29) is 11.8 Å². The van der Waals surface area contributed by atoms with Gasteiger partial charge in [-0.1, -0.05) is 15.9 Å². The molecule has 4 heteroatoms. The van der Waals surface area contributed by atoms with Gasteiger partial charge in [-0.2, -0.15) is 0 Å². The number of hydrogen-bond acceptors (Lipinski definition) is 2. The van der Waals surface area contributed by atoms with Gasteiger partial charge < -0.3 is 0 Å². The van der Waals surface area contributed by atoms with Crippen LogP contribution in [-0.2, 0) is 9.59 Å². The summed E-state index contributed by atoms with van der Waals surface area (Å²) in [5, 5.41) is 0. The molecule has 0 unspecified atom stereocenters. The maximum absolute atomic E-state index is 11.8. The van der Waals surface area contributed by atoms with Gasteiger partial charge in [0, 0.05) is 16.1 Å². The molecule has 16 heavy (non-hydrogen) atoms. The van der Waals surface area contributed by atoms with Gasteiger partial charge in [0.25, 0.3) is 11.8 Å². The highest BCUT2D eigenvalue weighted by atomic mass is 79.9. The Bertz CT molecular complexity index is 520. The number of benzene rings is 1. The van der Waals surface area contributed by atoms with Gasteiger partial charge in [-0.3, -0.25) is 9.59 Å². The van der Waals surface area contributed by atoms with Gasteiger partial charge in [-0.25, -0.2) is 4.90 Å². The second-order valence-corrected chi connectivity index (χ2v) is 4.65. The molecule has 0 fully saturated rings. The average molecular weight is 280 g/mol. The van der Waals surface area contributed by atoms with E-state index in [0.717, 1.165) is 10.0 Å². The fourth-order valence-corrected chi connectivity index (χ4v) is 2.16. The van der Waals surface area contributed by atoms with E-state index in [1.54, 1.807) is 13.0 Å². The molecule has 1 aromatic carbocycles. The Balaban J connectivity index is 2.47. The summed E-state index contributed by atoms with van der Waals surface area (Å²) < 4.78 is 0.928. The van der Waals surface area contributed by atoms with Crippen LogP contribution in [0.2, 0.25) is 0 Å². The third-order valence-corrected chi connectivity index (χ3v) is 2.99. The number of anilines is 1. The predicted molar refractivity (Wildman–Crippen MR) is 65.1 cm³/mol. The lowest BCUT2D eigenvalue weighted by Crippen LogP contribution is -2.31. The van der Waals surface area contributed by atoms with Crippen LogP contribution in [-0.4, -0.2) is 11.8 Å². The Morgan fingerprint density at radius 2 is 1.88 bits per heavy atom. The summed E-state index contributed by atoms with van der Waals surface area (Å²) in [5.41, 5.74) is 2.01. The van der Waals surface area contributed by atoms with E-state index >= 15 is 0 Å². The van der Waals surface area contributed by atoms with E-state index in [9.17, 15) is 9.59 Å². The molecular formula is C12H10BrNO2. The summed E-state index contributed by atoms with van der Waals surface area (Å²) >= 11 is 3.35. The van der Waals surface area contributed by atoms with Gasteiger partial charge in [0.15, 0.2) is 0 Å². The molecule has 0 spiro atoms. The number of carbonyl (C=O) groups is 2. The molecule has 0 saturated heterocycles. The number of imide groups is 1. The highest BCUT2D eigenvalue weighted by molar-refractivity contribution is 9.10. The standard InChI is InChI=1S/C12H10BrNO2/c1-7-5-9(13)3-4-10(7)14-11(15)6-8(2)12(14)16/h3-6H,1-2H3. The molecule has 1 aliphatic rings. The molecule has 2 amide bonds. The number of rotatable bonds is 1. The largest absolute Gasteiger partial charge is 0.269 e. The van der Waals surface area contributed by atoms with Crippen molar-refractivity contribution >= 4 is 33.4 Å². The SMILES string of the molecule is CC1=CC(=O)N(c2ccc(Br)cc2C)C1=O. The molecule has 1 heterocycles. The van der Waals surface area contributed by atoms with Gasteiger partial charge in [-0.05, 0) is 37.6 Å². The Hall–Kier alpha value is -1.42. The predicted octanol–water partition coefficient (Wildman–Crippen LogP) is 2.58. The van der Waals surface area contributed by atoms with Crippen LogP contribution >= 0.6 is 15.9 Å². The molecule has 0 bridgehead atoms. The first kappa shape index (κ1) is 11.1. The maximum Gasteiger partial charge on any atom is 0.261 e. The van der Waals surface area contributed by atoms with Crippen molar-refractivity contribution in [3.05, 3.63) is 39.9 Å². The molecule has 0 saturated carbocycles. The molecule has 1 aliphatic heterocycles. The molecular weight excluding hydrogens is 270 g/mol. The molecule has 3 nitrogen and oxygen atoms in total. The van der Waals surface area contributed by atoms with Gasteiger partial charge in [0.05, 0.1) is 5.69 Å². The Morgan fingerprint density at radius 1 is 1.19 bits per heavy atom. The quantitative estimate of drug-likeness (QED) is 0.741. The lowest BCUT2D eigenvalue weighted by molar-refractivity contribution is -0.120. The minimum Gasteiger partial charge on any atom is -0.269 e. The minimum atomic E-state index is -0.270. The van der Waals surface area contributed by atoms with Gasteiger partial charge in [-0.15, -0.1) is 0 Å². The molecule has 0 radical (unpaired) electrons. The number of aryl methyl sites for hydroxylation is 1. The normalized spacial score (nSPS) is 15.7. The van der Waals surface area contributed by atoms with Crippen molar-refractivity contribution in [1.82, 2.24) is 0 Å². The first-order chi connectivity index (χ1) is 7.50. The summed E-state index contributed by atoms with van der Waals surface area (Å²) in [6.45, 7) is 3.52. The van der Waals surface area contributed by atoms with Crippen molar-refractivity contribution < 1.29 is 9.59 Å². The molecule has 2 rings (SSSR count). The van der Waals surface area contributed by atoms with Crippen molar-refractivity contribution in [3.63, 3.8) is 0 Å². The summed E-state index contributed by atoms with van der Waals surface area (Å²) in [4.78, 5) is 24.6. The lowest BCUT2D eigenvalue weighted by Gasteiger charge is -2.17. The second kappa shape index (κ2) is 3.87. The monoisotopic (exact) mass is 279 g/mol. The lowest BCUT2D eigenvalue weighted by atomic mass is 10.2. The van der Waals surface area contributed by atoms with Crippen LogP contribution in [0.25, 0.3) is 0 Å². The van der Waals surface area contributed by atoms with Crippen LogP contribution in [0.4, 0.5) is 5.69 Å². The summed E-state index contributed by atoms with van der Waals surface area (Å²) in [6.07, 6.45) is 1.36. The van der Waals surface area contributed by atoms with E-state index < -0.39 is 0 Å². The van der Waals surface area contributed by atoms with Crippen molar-refractivity contribution in [1.29, 1.82) is 0 Å². The van der Waals surface area contributed by atoms with E-state index in [1.807, 2.05) is 19.1 Å². The fourth-order valence-electron chi connectivity index (χ4n) is 1.69. The van der Waals surface area contributed by atoms with E-state index in [2.05, 4.69) is 15.9 Å². The third kappa shape index (κ3) is 1.69. The Labute approximate surface area is 102 Å². The van der Waals surface area contributed by atoms with Crippen molar-refractivity contribution in [3.8, 4) is 0 Å². The topological polar surface area (TPSA) is 37.4 Å². The van der Waals surface area contributed by atoms with Crippen molar-refractivity contribution in [2.24, 2.45) is 0 Å². The van der Waals surface area contributed by atoms with Crippen LogP contribution < -0.4 is 4.90 Å². The number of nitrogens with zero attached hydrogens (tertiary/aromatic N) is 1. The van der Waals surface area contributed by atoms with Gasteiger partial charge in [0.1, 0.15) is 0 Å². The van der Waals surface area contributed by atoms with Crippen LogP contribution in [0.1, 0.15) is 12.5 Å². The number of carbonyl (C=O) groups excluding carboxylic acids is 2. The summed E-state index contributed by atoms with van der Waals surface area (Å²) in [5.74, 6) is -0.511. The molecule has 0 atom stereocenters. The zero-order valence-corrected chi connectivity index (χ0v) is 10.5. The Morgan fingerprint density at radius 3 is 2.38 bits per heavy atom. The highest BCUT2D eigenvalue weighted by Gasteiger charge is 2.30. The first-order valence-corrected chi connectivity index (χ1v) is 5.63. The van der Waals surface area contributed by atoms with Crippen LogP contribution in [0.15, 0.2) is 34.3 Å². The van der Waals surface area contributed by atoms with Crippen molar-refractivity contribution in [2.45, 2.75) is 13.8 Å². The van der Waals surface area contributed by atoms with Crippen molar-refractivity contribution in [2.75, 3.05) is 4.90 Å². The van der Waals surface area contributed by atoms with E-state index in [1.165, 1.54) is 11.0 Å². The highest BCUT2D eigenvalue weighted by Crippen LogP contribution is 2.27. The van der Waals surface area contributed by atoms with E-state index in [0.29, 0.717) is 11.3 Å². The number of halogens is 1. The third-order valence-electron chi connectivity index (χ3n) is 2.50. The van der Waals surface area contributed by atoms with Crippen LogP contribution in [0, 0.1) is 6.92 Å². The van der Waals surface area contributed by atoms with E-state index in [4.69, 9.17) is 0 Å². The average Bonchev–Trinajstić information content (AvgIpc) is 2.43. The Kier molecular flexibility index (Phi) is 2.68. The molecule has 0 aromatic heterocycles. The minimum absolute atomic E-state index is 0.240. The van der Waals surface area contributed by atoms with Crippen LogP contribution in [0.5, 0.6) is 0 Å². The molecule has 0 N–H and O–H groups in total. The van der Waals surface area contributed by atoms with Gasteiger partial charge >= 0.3 is 0 Å². The summed E-state index contributed by atoms with van der Waals surface area (Å²) in [7, 11) is 0. The first-order valence-electron chi connectivity index (χ1n) is 4.83. The fraction of sp³-hybridized carbons (Fsp3) is 0.167. The van der Waals surface area contributed by atoms with Gasteiger partial charge in [0.2, 0.25) is 0 Å². The molecule has 0 aliphatic carbocycles. The zero-order valence-electron chi connectivity index (χ0n) is 8.95. The summed E-state index contributed by atoms with van der Waals surface area (Å²) in [6, 6.07) is 5.46. The number of amides is 2. The second-order valence-electron chi connectivity index (χ2n) is 3.74. The zero-order chi connectivity index (χ0) is 11.9. The number of hydrogen-bond donors (Lipinski definition) is 0. The maximum atomic E-state index is 11.8.